The van der Waals surface area contributed by atoms with Gasteiger partial charge in [-0.3, -0.25) is 4.79 Å². The standard InChI is InChI=1S/C10H16O/c1-7-5-9(11)6-10(3,4)8(7)2/h5,8H,6H2,1-4H3. The molecule has 0 saturated heterocycles. The first-order valence-electron chi connectivity index (χ1n) is 4.14. The third-order valence-corrected chi connectivity index (χ3v) is 2.87. The lowest BCUT2D eigenvalue weighted by Gasteiger charge is -2.34. The zero-order valence-corrected chi connectivity index (χ0v) is 7.77. The maximum Gasteiger partial charge on any atom is 0.156 e. The van der Waals surface area contributed by atoms with E-state index >= 15 is 0 Å². The maximum absolute atomic E-state index is 11.2. The highest BCUT2D eigenvalue weighted by molar-refractivity contribution is 5.91. The third kappa shape index (κ3) is 1.52. The normalized spacial score (nSPS) is 30.0. The van der Waals surface area contributed by atoms with Crippen LogP contribution < -0.4 is 0 Å². The minimum atomic E-state index is 0.163. The number of carbonyl (C=O) groups excluding carboxylic acids is 1. The Morgan fingerprint density at radius 2 is 2.09 bits per heavy atom. The van der Waals surface area contributed by atoms with Crippen LogP contribution in [-0.2, 0) is 4.79 Å². The predicted octanol–water partition coefficient (Wildman–Crippen LogP) is 2.57. The van der Waals surface area contributed by atoms with Crippen molar-refractivity contribution < 1.29 is 4.79 Å². The Morgan fingerprint density at radius 1 is 1.55 bits per heavy atom. The maximum atomic E-state index is 11.2. The molecule has 0 aromatic rings. The van der Waals surface area contributed by atoms with Crippen molar-refractivity contribution in [3.8, 4) is 0 Å². The van der Waals surface area contributed by atoms with Crippen LogP contribution in [0.25, 0.3) is 0 Å². The monoisotopic (exact) mass is 152 g/mol. The fraction of sp³-hybridized carbons (Fsp3) is 0.700. The van der Waals surface area contributed by atoms with E-state index in [2.05, 4.69) is 20.8 Å². The molecule has 0 bridgehead atoms. The van der Waals surface area contributed by atoms with Crippen LogP contribution in [-0.4, -0.2) is 5.78 Å². The molecule has 0 saturated carbocycles. The van der Waals surface area contributed by atoms with Crippen molar-refractivity contribution in [1.82, 2.24) is 0 Å². The van der Waals surface area contributed by atoms with Gasteiger partial charge in [-0.1, -0.05) is 26.3 Å². The second-order valence-corrected chi connectivity index (χ2v) is 4.24. The second-order valence-electron chi connectivity index (χ2n) is 4.24. The van der Waals surface area contributed by atoms with E-state index in [-0.39, 0.29) is 11.2 Å². The highest BCUT2D eigenvalue weighted by Crippen LogP contribution is 2.38. The zero-order valence-electron chi connectivity index (χ0n) is 7.77. The Balaban J connectivity index is 2.95. The molecule has 62 valence electrons. The highest BCUT2D eigenvalue weighted by atomic mass is 16.1. The van der Waals surface area contributed by atoms with E-state index in [1.807, 2.05) is 6.92 Å². The lowest BCUT2D eigenvalue weighted by atomic mass is 9.69. The first-order valence-corrected chi connectivity index (χ1v) is 4.14. The summed E-state index contributed by atoms with van der Waals surface area (Å²) in [6, 6.07) is 0. The van der Waals surface area contributed by atoms with E-state index in [0.29, 0.717) is 12.3 Å². The van der Waals surface area contributed by atoms with Crippen molar-refractivity contribution in [1.29, 1.82) is 0 Å². The topological polar surface area (TPSA) is 17.1 Å². The highest BCUT2D eigenvalue weighted by Gasteiger charge is 2.32. The van der Waals surface area contributed by atoms with Gasteiger partial charge in [0.1, 0.15) is 0 Å². The molecule has 0 N–H and O–H groups in total. The van der Waals surface area contributed by atoms with Gasteiger partial charge >= 0.3 is 0 Å². The molecule has 1 unspecified atom stereocenters. The van der Waals surface area contributed by atoms with Crippen LogP contribution in [0.3, 0.4) is 0 Å². The summed E-state index contributed by atoms with van der Waals surface area (Å²) in [5, 5.41) is 0. The van der Waals surface area contributed by atoms with E-state index in [4.69, 9.17) is 0 Å². The molecule has 1 aliphatic rings. The molecule has 0 amide bonds. The molecule has 1 atom stereocenters. The van der Waals surface area contributed by atoms with Gasteiger partial charge in [0.25, 0.3) is 0 Å². The lowest BCUT2D eigenvalue weighted by molar-refractivity contribution is -0.117. The minimum absolute atomic E-state index is 0.163. The van der Waals surface area contributed by atoms with Crippen molar-refractivity contribution in [2.75, 3.05) is 0 Å². The molecule has 0 radical (unpaired) electrons. The van der Waals surface area contributed by atoms with Crippen molar-refractivity contribution >= 4 is 5.78 Å². The first kappa shape index (κ1) is 8.51. The number of carbonyl (C=O) groups is 1. The van der Waals surface area contributed by atoms with Crippen LogP contribution in [0.15, 0.2) is 11.6 Å². The minimum Gasteiger partial charge on any atom is -0.295 e. The van der Waals surface area contributed by atoms with E-state index in [1.54, 1.807) is 6.08 Å². The Hall–Kier alpha value is -0.590. The second kappa shape index (κ2) is 2.47. The van der Waals surface area contributed by atoms with Crippen molar-refractivity contribution in [2.24, 2.45) is 11.3 Å². The molecule has 1 aliphatic carbocycles. The van der Waals surface area contributed by atoms with Gasteiger partial charge in [-0.05, 0) is 24.3 Å². The predicted molar refractivity (Wildman–Crippen MR) is 46.3 cm³/mol. The molecule has 0 spiro atoms. The van der Waals surface area contributed by atoms with Gasteiger partial charge in [-0.2, -0.15) is 0 Å². The van der Waals surface area contributed by atoms with Crippen LogP contribution in [0.1, 0.15) is 34.1 Å². The van der Waals surface area contributed by atoms with Gasteiger partial charge in [-0.25, -0.2) is 0 Å². The summed E-state index contributed by atoms with van der Waals surface area (Å²) in [5.74, 6) is 0.825. The summed E-state index contributed by atoms with van der Waals surface area (Å²) in [6.07, 6.45) is 2.49. The zero-order chi connectivity index (χ0) is 8.65. The summed E-state index contributed by atoms with van der Waals surface area (Å²) < 4.78 is 0. The van der Waals surface area contributed by atoms with Crippen LogP contribution in [0.2, 0.25) is 0 Å². The van der Waals surface area contributed by atoms with Crippen LogP contribution in [0.5, 0.6) is 0 Å². The number of hydrogen-bond acceptors (Lipinski definition) is 1. The number of hydrogen-bond donors (Lipinski definition) is 0. The van der Waals surface area contributed by atoms with Gasteiger partial charge in [0.2, 0.25) is 0 Å². The molecular weight excluding hydrogens is 136 g/mol. The molecule has 1 rings (SSSR count). The molecule has 0 fully saturated rings. The van der Waals surface area contributed by atoms with Gasteiger partial charge in [-0.15, -0.1) is 0 Å². The molecule has 0 aromatic heterocycles. The fourth-order valence-corrected chi connectivity index (χ4v) is 1.65. The fourth-order valence-electron chi connectivity index (χ4n) is 1.65. The summed E-state index contributed by atoms with van der Waals surface area (Å²) in [6.45, 7) is 8.56. The molecule has 0 heterocycles. The number of allylic oxidation sites excluding steroid dienone is 2. The van der Waals surface area contributed by atoms with Crippen molar-refractivity contribution in [3.05, 3.63) is 11.6 Å². The van der Waals surface area contributed by atoms with Crippen LogP contribution in [0.4, 0.5) is 0 Å². The third-order valence-electron chi connectivity index (χ3n) is 2.87. The Bertz CT molecular complexity index is 211. The first-order chi connectivity index (χ1) is 4.93. The number of ketones is 1. The van der Waals surface area contributed by atoms with Gasteiger partial charge in [0.15, 0.2) is 5.78 Å². The largest absolute Gasteiger partial charge is 0.295 e. The van der Waals surface area contributed by atoms with E-state index in [1.165, 1.54) is 5.57 Å². The van der Waals surface area contributed by atoms with E-state index < -0.39 is 0 Å². The average Bonchev–Trinajstić information content (AvgIpc) is 1.81. The van der Waals surface area contributed by atoms with Crippen LogP contribution in [0, 0.1) is 11.3 Å². The summed E-state index contributed by atoms with van der Waals surface area (Å²) in [7, 11) is 0. The van der Waals surface area contributed by atoms with Gasteiger partial charge < -0.3 is 0 Å². The Morgan fingerprint density at radius 3 is 2.55 bits per heavy atom. The molecule has 11 heavy (non-hydrogen) atoms. The number of rotatable bonds is 0. The summed E-state index contributed by atoms with van der Waals surface area (Å²) >= 11 is 0. The molecule has 0 aliphatic heterocycles. The van der Waals surface area contributed by atoms with Crippen molar-refractivity contribution in [3.63, 3.8) is 0 Å². The molecule has 0 aromatic carbocycles. The van der Waals surface area contributed by atoms with Gasteiger partial charge in [0, 0.05) is 6.42 Å². The SMILES string of the molecule is CC1=CC(=O)CC(C)(C)C1C. The van der Waals surface area contributed by atoms with Crippen LogP contribution >= 0.6 is 0 Å². The Labute approximate surface area is 68.5 Å². The molecular formula is C10H16O. The Kier molecular flexibility index (Phi) is 1.91. The van der Waals surface area contributed by atoms with E-state index in [0.717, 1.165) is 0 Å². The van der Waals surface area contributed by atoms with E-state index in [9.17, 15) is 4.79 Å². The molecule has 1 heteroatoms. The van der Waals surface area contributed by atoms with Crippen molar-refractivity contribution in [2.45, 2.75) is 34.1 Å². The summed E-state index contributed by atoms with van der Waals surface area (Å²) in [5.41, 5.74) is 1.39. The average molecular weight is 152 g/mol. The quantitative estimate of drug-likeness (QED) is 0.521. The van der Waals surface area contributed by atoms with Gasteiger partial charge in [0.05, 0.1) is 0 Å². The lowest BCUT2D eigenvalue weighted by Crippen LogP contribution is -2.29. The smallest absolute Gasteiger partial charge is 0.156 e. The molecule has 1 nitrogen and oxygen atoms in total. The summed E-state index contributed by atoms with van der Waals surface area (Å²) in [4.78, 5) is 11.2.